The van der Waals surface area contributed by atoms with Crippen molar-refractivity contribution in [3.8, 4) is 0 Å². The molecule has 19 heavy (non-hydrogen) atoms. The maximum Gasteiger partial charge on any atom is 0.264 e. The molecular formula is C11H14N4O2S2. The number of aryl methyl sites for hydroxylation is 2. The van der Waals surface area contributed by atoms with Crippen LogP contribution in [-0.2, 0) is 16.4 Å². The van der Waals surface area contributed by atoms with Crippen LogP contribution >= 0.6 is 11.3 Å². The van der Waals surface area contributed by atoms with Crippen LogP contribution in [0.25, 0.3) is 0 Å². The number of sulfonamides is 1. The average molecular weight is 298 g/mol. The summed E-state index contributed by atoms with van der Waals surface area (Å²) in [5.41, 5.74) is 6.78. The molecule has 1 aromatic carbocycles. The van der Waals surface area contributed by atoms with Gasteiger partial charge in [0.15, 0.2) is 0 Å². The van der Waals surface area contributed by atoms with Crippen LogP contribution in [0.1, 0.15) is 17.5 Å². The van der Waals surface area contributed by atoms with E-state index in [0.29, 0.717) is 22.7 Å². The minimum atomic E-state index is -3.69. The van der Waals surface area contributed by atoms with Gasteiger partial charge in [-0.05, 0) is 31.0 Å². The van der Waals surface area contributed by atoms with Crippen LogP contribution in [-0.4, -0.2) is 18.6 Å². The Morgan fingerprint density at radius 3 is 2.68 bits per heavy atom. The van der Waals surface area contributed by atoms with E-state index in [1.807, 2.05) is 6.92 Å². The Bertz CT molecular complexity index is 694. The third kappa shape index (κ3) is 3.02. The Kier molecular flexibility index (Phi) is 3.72. The number of anilines is 2. The molecule has 0 saturated carbocycles. The van der Waals surface area contributed by atoms with Crippen molar-refractivity contribution in [2.75, 3.05) is 10.5 Å². The largest absolute Gasteiger partial charge is 0.399 e. The van der Waals surface area contributed by atoms with Gasteiger partial charge in [0.05, 0.1) is 4.90 Å². The molecule has 2 aromatic rings. The summed E-state index contributed by atoms with van der Waals surface area (Å²) in [6.45, 7) is 3.65. The zero-order chi connectivity index (χ0) is 14.0. The Morgan fingerprint density at radius 2 is 2.11 bits per heavy atom. The third-order valence-electron chi connectivity index (χ3n) is 2.51. The lowest BCUT2D eigenvalue weighted by Gasteiger charge is -2.10. The van der Waals surface area contributed by atoms with Crippen LogP contribution in [0.15, 0.2) is 23.1 Å². The number of rotatable bonds is 4. The molecule has 0 bridgehead atoms. The van der Waals surface area contributed by atoms with Gasteiger partial charge in [0.2, 0.25) is 5.13 Å². The second-order valence-corrected chi connectivity index (χ2v) is 6.78. The van der Waals surface area contributed by atoms with Gasteiger partial charge < -0.3 is 5.73 Å². The lowest BCUT2D eigenvalue weighted by Crippen LogP contribution is -2.15. The summed E-state index contributed by atoms with van der Waals surface area (Å²) in [5.74, 6) is 0. The Hall–Kier alpha value is -1.67. The highest BCUT2D eigenvalue weighted by Gasteiger charge is 2.20. The molecule has 1 heterocycles. The van der Waals surface area contributed by atoms with Crippen LogP contribution in [0.5, 0.6) is 0 Å². The van der Waals surface area contributed by atoms with E-state index < -0.39 is 10.0 Å². The number of nitrogens with two attached hydrogens (primary N) is 1. The first-order chi connectivity index (χ1) is 8.92. The quantitative estimate of drug-likeness (QED) is 0.839. The van der Waals surface area contributed by atoms with Crippen LogP contribution < -0.4 is 10.5 Å². The van der Waals surface area contributed by atoms with Gasteiger partial charge >= 0.3 is 0 Å². The number of benzene rings is 1. The summed E-state index contributed by atoms with van der Waals surface area (Å²) in [7, 11) is -3.69. The minimum Gasteiger partial charge on any atom is -0.399 e. The summed E-state index contributed by atoms with van der Waals surface area (Å²) >= 11 is 1.18. The van der Waals surface area contributed by atoms with Gasteiger partial charge in [0.1, 0.15) is 5.01 Å². The zero-order valence-corrected chi connectivity index (χ0v) is 12.2. The molecule has 0 fully saturated rings. The second kappa shape index (κ2) is 5.14. The van der Waals surface area contributed by atoms with E-state index in [2.05, 4.69) is 14.9 Å². The van der Waals surface area contributed by atoms with Gasteiger partial charge in [0, 0.05) is 5.69 Å². The van der Waals surface area contributed by atoms with E-state index in [0.717, 1.165) is 0 Å². The molecule has 2 rings (SSSR count). The van der Waals surface area contributed by atoms with Crippen molar-refractivity contribution < 1.29 is 8.42 Å². The van der Waals surface area contributed by atoms with E-state index in [1.165, 1.54) is 17.4 Å². The minimum absolute atomic E-state index is 0.183. The molecule has 0 saturated heterocycles. The van der Waals surface area contributed by atoms with Crippen LogP contribution in [0, 0.1) is 6.92 Å². The molecule has 0 atom stereocenters. The molecule has 0 aliphatic carbocycles. The van der Waals surface area contributed by atoms with Crippen molar-refractivity contribution in [1.29, 1.82) is 0 Å². The fourth-order valence-corrected chi connectivity index (χ4v) is 3.79. The molecule has 3 N–H and O–H groups in total. The smallest absolute Gasteiger partial charge is 0.264 e. The average Bonchev–Trinajstić information content (AvgIpc) is 2.74. The lowest BCUT2D eigenvalue weighted by atomic mass is 10.1. The first-order valence-corrected chi connectivity index (χ1v) is 7.93. The number of nitrogen functional groups attached to an aromatic ring is 1. The lowest BCUT2D eigenvalue weighted by molar-refractivity contribution is 0.600. The van der Waals surface area contributed by atoms with E-state index in [-0.39, 0.29) is 10.0 Å². The molecule has 6 nitrogen and oxygen atoms in total. The molecule has 0 radical (unpaired) electrons. The molecule has 8 heteroatoms. The molecule has 0 aliphatic heterocycles. The van der Waals surface area contributed by atoms with Crippen molar-refractivity contribution >= 4 is 32.2 Å². The number of nitrogens with zero attached hydrogens (tertiary/aromatic N) is 2. The molecule has 0 amide bonds. The fourth-order valence-electron chi connectivity index (χ4n) is 1.62. The summed E-state index contributed by atoms with van der Waals surface area (Å²) < 4.78 is 27.0. The first-order valence-electron chi connectivity index (χ1n) is 5.63. The highest BCUT2D eigenvalue weighted by molar-refractivity contribution is 7.93. The molecule has 0 aliphatic rings. The number of nitrogens with one attached hydrogen (secondary N) is 1. The van der Waals surface area contributed by atoms with Crippen LogP contribution in [0.4, 0.5) is 10.8 Å². The summed E-state index contributed by atoms with van der Waals surface area (Å²) in [6, 6.07) is 4.86. The van der Waals surface area contributed by atoms with Gasteiger partial charge in [-0.25, -0.2) is 8.42 Å². The Balaban J connectivity index is 2.41. The standard InChI is InChI=1S/C11H14N4O2S2/c1-3-8-4-5-9(12)6-10(8)19(16,17)15-11-14-13-7(2)18-11/h4-6H,3,12H2,1-2H3,(H,14,15). The molecule has 0 spiro atoms. The first kappa shape index (κ1) is 13.8. The van der Waals surface area contributed by atoms with Crippen molar-refractivity contribution in [1.82, 2.24) is 10.2 Å². The van der Waals surface area contributed by atoms with Crippen LogP contribution in [0.2, 0.25) is 0 Å². The summed E-state index contributed by atoms with van der Waals surface area (Å²) in [5, 5.41) is 8.47. The van der Waals surface area contributed by atoms with Crippen molar-refractivity contribution in [3.05, 3.63) is 28.8 Å². The van der Waals surface area contributed by atoms with Gasteiger partial charge in [-0.2, -0.15) is 0 Å². The predicted octanol–water partition coefficient (Wildman–Crippen LogP) is 1.79. The number of hydrogen-bond acceptors (Lipinski definition) is 6. The van der Waals surface area contributed by atoms with Crippen molar-refractivity contribution in [2.24, 2.45) is 0 Å². The number of aromatic nitrogens is 2. The van der Waals surface area contributed by atoms with E-state index in [1.54, 1.807) is 19.1 Å². The fraction of sp³-hybridized carbons (Fsp3) is 0.273. The maximum atomic E-state index is 12.3. The van der Waals surface area contributed by atoms with E-state index >= 15 is 0 Å². The van der Waals surface area contributed by atoms with Gasteiger partial charge in [-0.3, -0.25) is 4.72 Å². The van der Waals surface area contributed by atoms with Gasteiger partial charge in [0.25, 0.3) is 10.0 Å². The topological polar surface area (TPSA) is 98.0 Å². The van der Waals surface area contributed by atoms with E-state index in [4.69, 9.17) is 5.73 Å². The highest BCUT2D eigenvalue weighted by Crippen LogP contribution is 2.24. The zero-order valence-electron chi connectivity index (χ0n) is 10.5. The predicted molar refractivity (Wildman–Crippen MR) is 75.7 cm³/mol. The van der Waals surface area contributed by atoms with Gasteiger partial charge in [-0.1, -0.05) is 24.3 Å². The SMILES string of the molecule is CCc1ccc(N)cc1S(=O)(=O)Nc1nnc(C)s1. The summed E-state index contributed by atoms with van der Waals surface area (Å²) in [4.78, 5) is 0.183. The molecule has 102 valence electrons. The number of hydrogen-bond donors (Lipinski definition) is 2. The maximum absolute atomic E-state index is 12.3. The normalized spacial score (nSPS) is 11.5. The molecule has 0 unspecified atom stereocenters. The third-order valence-corrected chi connectivity index (χ3v) is 4.81. The second-order valence-electron chi connectivity index (χ2n) is 3.95. The molecular weight excluding hydrogens is 284 g/mol. The molecule has 1 aromatic heterocycles. The van der Waals surface area contributed by atoms with E-state index in [9.17, 15) is 8.42 Å². The van der Waals surface area contributed by atoms with Gasteiger partial charge in [-0.15, -0.1) is 10.2 Å². The Morgan fingerprint density at radius 1 is 1.37 bits per heavy atom. The van der Waals surface area contributed by atoms with Crippen molar-refractivity contribution in [3.63, 3.8) is 0 Å². The monoisotopic (exact) mass is 298 g/mol. The summed E-state index contributed by atoms with van der Waals surface area (Å²) in [6.07, 6.45) is 0.603. The van der Waals surface area contributed by atoms with Crippen molar-refractivity contribution in [2.45, 2.75) is 25.2 Å². The Labute approximate surface area is 115 Å². The highest BCUT2D eigenvalue weighted by atomic mass is 32.2. The van der Waals surface area contributed by atoms with Crippen LogP contribution in [0.3, 0.4) is 0 Å².